The first kappa shape index (κ1) is 21.7. The fourth-order valence-corrected chi connectivity index (χ4v) is 1.91. The van der Waals surface area contributed by atoms with Crippen LogP contribution >= 0.6 is 0 Å². The third-order valence-electron chi connectivity index (χ3n) is 3.62. The van der Waals surface area contributed by atoms with Crippen LogP contribution in [0.3, 0.4) is 0 Å². The molecular weight excluding hydrogens is 322 g/mol. The molecule has 1 unspecified atom stereocenters. The van der Waals surface area contributed by atoms with E-state index in [0.717, 1.165) is 0 Å². The summed E-state index contributed by atoms with van der Waals surface area (Å²) >= 11 is 0. The fraction of sp³-hybridized carbons (Fsp3) is 1.00. The van der Waals surface area contributed by atoms with Gasteiger partial charge >= 0.3 is 0 Å². The summed E-state index contributed by atoms with van der Waals surface area (Å²) in [5.41, 5.74) is 15.7. The van der Waals surface area contributed by atoms with E-state index >= 15 is 0 Å². The Bertz CT molecular complexity index is 470. The number of hydrogen-bond donors (Lipinski definition) is 0. The molecule has 0 N–H and O–H groups in total. The van der Waals surface area contributed by atoms with Crippen LogP contribution in [0, 0.1) is 20.9 Å². The molecule has 1 atom stereocenters. The molecule has 0 bridgehead atoms. The smallest absolute Gasteiger partial charge is 0.294 e. The van der Waals surface area contributed by atoms with Crippen molar-refractivity contribution in [3.63, 3.8) is 0 Å². The number of ether oxygens (including phenoxy) is 2. The standard InChI is InChI=1S/C12H23N7O5/c1-4-11(2,8-24-19(20)21)7-23-10-12(9-22-3,5-15-17-13)6-16-18-14/h4-10H2,1-3H3. The third-order valence-corrected chi connectivity index (χ3v) is 3.62. The highest BCUT2D eigenvalue weighted by atomic mass is 16.9. The van der Waals surface area contributed by atoms with Gasteiger partial charge < -0.3 is 14.3 Å². The van der Waals surface area contributed by atoms with Crippen LogP contribution in [0.2, 0.25) is 0 Å². The van der Waals surface area contributed by atoms with Gasteiger partial charge in [-0.2, -0.15) is 0 Å². The van der Waals surface area contributed by atoms with E-state index in [0.29, 0.717) is 6.42 Å². The molecule has 0 aromatic heterocycles. The Hall–Kier alpha value is -2.26. The lowest BCUT2D eigenvalue weighted by Crippen LogP contribution is -2.40. The molecular formula is C12H23N7O5. The normalized spacial score (nSPS) is 15.3. The lowest BCUT2D eigenvalue weighted by molar-refractivity contribution is -0.761. The SMILES string of the molecule is CCC(C)(COCC(CN=[N+]=[N-])(CN=[N+]=[N-])COC)CO[N+](=O)[O-]. The average Bonchev–Trinajstić information content (AvgIpc) is 2.56. The van der Waals surface area contributed by atoms with E-state index in [1.165, 1.54) is 7.11 Å². The second-order valence-corrected chi connectivity index (χ2v) is 5.87. The molecule has 0 fully saturated rings. The molecule has 0 heterocycles. The average molecular weight is 345 g/mol. The topological polar surface area (TPSA) is 168 Å². The van der Waals surface area contributed by atoms with E-state index < -0.39 is 15.9 Å². The van der Waals surface area contributed by atoms with Gasteiger partial charge in [0.2, 0.25) is 0 Å². The van der Waals surface area contributed by atoms with Crippen molar-refractivity contribution in [3.8, 4) is 0 Å². The predicted octanol–water partition coefficient (Wildman–Crippen LogP) is 2.88. The third kappa shape index (κ3) is 8.39. The van der Waals surface area contributed by atoms with Crippen LogP contribution in [-0.2, 0) is 14.3 Å². The van der Waals surface area contributed by atoms with Gasteiger partial charge in [0.25, 0.3) is 5.09 Å². The maximum atomic E-state index is 10.3. The van der Waals surface area contributed by atoms with Crippen molar-refractivity contribution in [2.45, 2.75) is 20.3 Å². The molecule has 0 rings (SSSR count). The van der Waals surface area contributed by atoms with E-state index in [9.17, 15) is 10.1 Å². The van der Waals surface area contributed by atoms with Crippen molar-refractivity contribution in [1.29, 1.82) is 0 Å². The minimum atomic E-state index is -0.841. The van der Waals surface area contributed by atoms with Crippen LogP contribution < -0.4 is 0 Å². The number of methoxy groups -OCH3 is 1. The maximum Gasteiger partial charge on any atom is 0.294 e. The molecule has 0 saturated carbocycles. The molecule has 0 spiro atoms. The highest BCUT2D eigenvalue weighted by molar-refractivity contribution is 4.85. The molecule has 0 aliphatic heterocycles. The first-order valence-electron chi connectivity index (χ1n) is 7.23. The summed E-state index contributed by atoms with van der Waals surface area (Å²) in [6, 6.07) is 0. The number of nitrogens with zero attached hydrogens (tertiary/aromatic N) is 7. The Balaban J connectivity index is 4.90. The van der Waals surface area contributed by atoms with Crippen LogP contribution in [0.15, 0.2) is 10.2 Å². The minimum absolute atomic E-state index is 0.0323. The van der Waals surface area contributed by atoms with E-state index in [1.54, 1.807) is 6.92 Å². The molecule has 136 valence electrons. The Kier molecular flexibility index (Phi) is 10.2. The van der Waals surface area contributed by atoms with E-state index in [-0.39, 0.29) is 39.5 Å². The summed E-state index contributed by atoms with van der Waals surface area (Å²) in [6.45, 7) is 4.10. The largest absolute Gasteiger partial charge is 0.384 e. The molecule has 12 nitrogen and oxygen atoms in total. The van der Waals surface area contributed by atoms with Crippen LogP contribution in [0.4, 0.5) is 0 Å². The molecule has 0 aromatic carbocycles. The lowest BCUT2D eigenvalue weighted by atomic mass is 9.88. The van der Waals surface area contributed by atoms with Gasteiger partial charge in [0.15, 0.2) is 0 Å². The molecule has 12 heteroatoms. The highest BCUT2D eigenvalue weighted by Crippen LogP contribution is 2.25. The Morgan fingerprint density at radius 1 is 1.12 bits per heavy atom. The molecule has 0 aliphatic carbocycles. The predicted molar refractivity (Wildman–Crippen MR) is 84.5 cm³/mol. The Labute approximate surface area is 139 Å². The van der Waals surface area contributed by atoms with Gasteiger partial charge in [0, 0.05) is 40.9 Å². The van der Waals surface area contributed by atoms with Gasteiger partial charge in [0.05, 0.1) is 19.8 Å². The van der Waals surface area contributed by atoms with Gasteiger partial charge in [-0.15, -0.1) is 10.1 Å². The molecule has 0 radical (unpaired) electrons. The molecule has 24 heavy (non-hydrogen) atoms. The summed E-state index contributed by atoms with van der Waals surface area (Å²) in [5.74, 6) is 0. The molecule has 0 aliphatic rings. The quantitative estimate of drug-likeness (QED) is 0.155. The number of azide groups is 2. The molecule has 0 saturated heterocycles. The summed E-state index contributed by atoms with van der Waals surface area (Å²) in [6.07, 6.45) is 0.602. The van der Waals surface area contributed by atoms with E-state index in [2.05, 4.69) is 24.9 Å². The summed E-state index contributed by atoms with van der Waals surface area (Å²) in [7, 11) is 1.47. The van der Waals surface area contributed by atoms with Crippen molar-refractivity contribution in [2.75, 3.05) is 46.6 Å². The van der Waals surface area contributed by atoms with Crippen LogP contribution in [-0.4, -0.2) is 51.7 Å². The summed E-state index contributed by atoms with van der Waals surface area (Å²) in [5, 5.41) is 16.6. The first-order chi connectivity index (χ1) is 11.4. The zero-order chi connectivity index (χ0) is 18.5. The second-order valence-electron chi connectivity index (χ2n) is 5.87. The van der Waals surface area contributed by atoms with Gasteiger partial charge in [-0.25, -0.2) is 0 Å². The highest BCUT2D eigenvalue weighted by Gasteiger charge is 2.32. The second kappa shape index (κ2) is 11.3. The van der Waals surface area contributed by atoms with Crippen molar-refractivity contribution in [3.05, 3.63) is 31.0 Å². The minimum Gasteiger partial charge on any atom is -0.384 e. The van der Waals surface area contributed by atoms with Gasteiger partial charge in [-0.3, -0.25) is 0 Å². The van der Waals surface area contributed by atoms with Gasteiger partial charge in [0.1, 0.15) is 6.61 Å². The van der Waals surface area contributed by atoms with Gasteiger partial charge in [-0.1, -0.05) is 24.1 Å². The zero-order valence-electron chi connectivity index (χ0n) is 14.1. The van der Waals surface area contributed by atoms with Crippen molar-refractivity contribution in [1.82, 2.24) is 0 Å². The number of hydrogen-bond acceptors (Lipinski definition) is 7. The van der Waals surface area contributed by atoms with Crippen LogP contribution in [0.25, 0.3) is 20.9 Å². The zero-order valence-corrected chi connectivity index (χ0v) is 14.1. The monoisotopic (exact) mass is 345 g/mol. The molecule has 0 amide bonds. The Morgan fingerprint density at radius 3 is 2.12 bits per heavy atom. The van der Waals surface area contributed by atoms with Crippen LogP contribution in [0.1, 0.15) is 20.3 Å². The maximum absolute atomic E-state index is 10.3. The van der Waals surface area contributed by atoms with Crippen molar-refractivity contribution >= 4 is 0 Å². The molecule has 0 aromatic rings. The summed E-state index contributed by atoms with van der Waals surface area (Å²) in [4.78, 5) is 20.2. The fourth-order valence-electron chi connectivity index (χ4n) is 1.91. The van der Waals surface area contributed by atoms with Crippen molar-refractivity contribution in [2.24, 2.45) is 21.1 Å². The summed E-state index contributed by atoms with van der Waals surface area (Å²) < 4.78 is 10.8. The number of rotatable bonds is 14. The first-order valence-corrected chi connectivity index (χ1v) is 7.23. The Morgan fingerprint density at radius 2 is 1.71 bits per heavy atom. The van der Waals surface area contributed by atoms with E-state index in [1.807, 2.05) is 6.92 Å². The lowest BCUT2D eigenvalue weighted by Gasteiger charge is -2.33. The van der Waals surface area contributed by atoms with E-state index in [4.69, 9.17) is 20.5 Å². The van der Waals surface area contributed by atoms with Crippen molar-refractivity contribution < 1.29 is 19.4 Å². The van der Waals surface area contributed by atoms with Gasteiger partial charge in [-0.05, 0) is 17.5 Å². The van der Waals surface area contributed by atoms with Crippen LogP contribution in [0.5, 0.6) is 0 Å².